The molecule has 1 aromatic carbocycles. The van der Waals surface area contributed by atoms with Crippen LogP contribution in [-0.2, 0) is 11.2 Å². The lowest BCUT2D eigenvalue weighted by atomic mass is 9.88. The number of rotatable bonds is 5. The molecule has 3 atom stereocenters. The van der Waals surface area contributed by atoms with Crippen LogP contribution in [0.5, 0.6) is 0 Å². The van der Waals surface area contributed by atoms with Gasteiger partial charge in [0.25, 0.3) is 0 Å². The molecule has 5 rings (SSSR count). The molecule has 8 nitrogen and oxygen atoms in total. The Labute approximate surface area is 220 Å². The van der Waals surface area contributed by atoms with Gasteiger partial charge >= 0.3 is 0 Å². The lowest BCUT2D eigenvalue weighted by Gasteiger charge is -2.46. The number of benzene rings is 1. The first-order valence-corrected chi connectivity index (χ1v) is 12.6. The summed E-state index contributed by atoms with van der Waals surface area (Å²) in [5.74, 6) is -0.541. The highest BCUT2D eigenvalue weighted by Crippen LogP contribution is 2.30. The third-order valence-electron chi connectivity index (χ3n) is 7.37. The summed E-state index contributed by atoms with van der Waals surface area (Å²) in [6, 6.07) is 7.63. The molecule has 0 aliphatic carbocycles. The summed E-state index contributed by atoms with van der Waals surface area (Å²) >= 11 is 0. The Balaban J connectivity index is 1.46. The molecule has 1 aliphatic heterocycles. The number of fused-ring (bicyclic) bond motifs is 1. The molecule has 0 radical (unpaired) electrons. The zero-order valence-electron chi connectivity index (χ0n) is 21.9. The van der Waals surface area contributed by atoms with E-state index in [1.165, 1.54) is 12.1 Å². The molecule has 0 bridgehead atoms. The van der Waals surface area contributed by atoms with Crippen LogP contribution in [0.2, 0.25) is 0 Å². The van der Waals surface area contributed by atoms with Crippen LogP contribution in [0.1, 0.15) is 30.8 Å². The van der Waals surface area contributed by atoms with Crippen molar-refractivity contribution in [2.45, 2.75) is 39.3 Å². The number of carbonyl (C=O) groups is 1. The summed E-state index contributed by atoms with van der Waals surface area (Å²) in [5, 5.41) is 4.55. The molecule has 38 heavy (non-hydrogen) atoms. The number of aryl methyl sites for hydroxylation is 1. The standard InChI is InChI=1S/C28H31F2N7O/c1-16-9-21(29)27(22(30)10-16)24-6-5-20-13-33-26(37(20)34-24)11-19-12-32-8-7-25(19)36-14-17(2)28(23(31)15-36)35(4)18(3)38/h5-10,12-13,17,23,28H,11,14-15,31H2,1-4H3/t17-,23+,28-/m0/s1. The molecule has 0 saturated carbocycles. The van der Waals surface area contributed by atoms with Crippen LogP contribution in [-0.4, -0.2) is 62.6 Å². The van der Waals surface area contributed by atoms with Gasteiger partial charge in [-0.2, -0.15) is 5.10 Å². The molecule has 4 aromatic rings. The van der Waals surface area contributed by atoms with Crippen molar-refractivity contribution in [1.29, 1.82) is 0 Å². The molecule has 3 aromatic heterocycles. The van der Waals surface area contributed by atoms with Crippen molar-refractivity contribution in [1.82, 2.24) is 24.5 Å². The van der Waals surface area contributed by atoms with Crippen molar-refractivity contribution >= 4 is 17.1 Å². The number of imidazole rings is 1. The molecule has 2 N–H and O–H groups in total. The Hall–Kier alpha value is -3.92. The summed E-state index contributed by atoms with van der Waals surface area (Å²) < 4.78 is 30.9. The van der Waals surface area contributed by atoms with Crippen LogP contribution in [0.3, 0.4) is 0 Å². The largest absolute Gasteiger partial charge is 0.369 e. The summed E-state index contributed by atoms with van der Waals surface area (Å²) in [6.45, 7) is 6.62. The SMILES string of the molecule is CC(=O)N(C)[C@@H]1[C@H](N)CN(c2ccncc2Cc2ncc3ccc(-c4c(F)cc(C)cc4F)nn23)C[C@@H]1C. The van der Waals surface area contributed by atoms with E-state index in [2.05, 4.69) is 26.9 Å². The first-order valence-electron chi connectivity index (χ1n) is 12.6. The maximum atomic E-state index is 14.7. The number of likely N-dealkylation sites (N-methyl/N-ethyl adjacent to an activating group) is 1. The molecule has 1 amide bonds. The molecule has 4 heterocycles. The van der Waals surface area contributed by atoms with E-state index < -0.39 is 11.6 Å². The Morgan fingerprint density at radius 3 is 2.58 bits per heavy atom. The number of aromatic nitrogens is 4. The highest BCUT2D eigenvalue weighted by atomic mass is 19.1. The van der Waals surface area contributed by atoms with Gasteiger partial charge in [-0.3, -0.25) is 9.78 Å². The highest BCUT2D eigenvalue weighted by Gasteiger charge is 2.36. The normalized spacial score (nSPS) is 19.7. The van der Waals surface area contributed by atoms with Gasteiger partial charge in [0, 0.05) is 63.2 Å². The predicted molar refractivity (Wildman–Crippen MR) is 142 cm³/mol. The number of hydrogen-bond donors (Lipinski definition) is 1. The van der Waals surface area contributed by atoms with Gasteiger partial charge < -0.3 is 15.5 Å². The van der Waals surface area contributed by atoms with E-state index >= 15 is 0 Å². The molecular weight excluding hydrogens is 488 g/mol. The number of anilines is 1. The molecule has 1 fully saturated rings. The van der Waals surface area contributed by atoms with Crippen molar-refractivity contribution < 1.29 is 13.6 Å². The van der Waals surface area contributed by atoms with Gasteiger partial charge in [0.15, 0.2) is 0 Å². The van der Waals surface area contributed by atoms with Crippen molar-refractivity contribution in [3.63, 3.8) is 0 Å². The Kier molecular flexibility index (Phi) is 6.83. The molecule has 10 heteroatoms. The van der Waals surface area contributed by atoms with Crippen LogP contribution in [0, 0.1) is 24.5 Å². The topological polar surface area (TPSA) is 92.6 Å². The minimum absolute atomic E-state index is 0.00111. The van der Waals surface area contributed by atoms with Crippen LogP contribution < -0.4 is 10.6 Å². The molecule has 1 saturated heterocycles. The Morgan fingerprint density at radius 2 is 1.89 bits per heavy atom. The van der Waals surface area contributed by atoms with Gasteiger partial charge in [-0.1, -0.05) is 6.92 Å². The van der Waals surface area contributed by atoms with Gasteiger partial charge in [-0.15, -0.1) is 0 Å². The Morgan fingerprint density at radius 1 is 1.16 bits per heavy atom. The minimum atomic E-state index is -0.658. The maximum Gasteiger partial charge on any atom is 0.219 e. The minimum Gasteiger partial charge on any atom is -0.369 e. The molecule has 1 aliphatic rings. The number of nitrogens with two attached hydrogens (primary N) is 1. The number of pyridine rings is 1. The van der Waals surface area contributed by atoms with Crippen LogP contribution in [0.4, 0.5) is 14.5 Å². The highest BCUT2D eigenvalue weighted by molar-refractivity contribution is 5.73. The third-order valence-corrected chi connectivity index (χ3v) is 7.37. The van der Waals surface area contributed by atoms with Crippen molar-refractivity contribution in [3.8, 4) is 11.3 Å². The third kappa shape index (κ3) is 4.71. The second kappa shape index (κ2) is 10.1. The van der Waals surface area contributed by atoms with Crippen LogP contribution in [0.15, 0.2) is 48.9 Å². The fraction of sp³-hybridized carbons (Fsp3) is 0.357. The van der Waals surface area contributed by atoms with Gasteiger partial charge in [0.05, 0.1) is 29.0 Å². The van der Waals surface area contributed by atoms with E-state index in [-0.39, 0.29) is 35.2 Å². The average Bonchev–Trinajstić information content (AvgIpc) is 3.25. The molecule has 198 valence electrons. The van der Waals surface area contributed by atoms with Crippen molar-refractivity contribution in [2.75, 3.05) is 25.0 Å². The zero-order chi connectivity index (χ0) is 27.1. The quantitative estimate of drug-likeness (QED) is 0.433. The van der Waals surface area contributed by atoms with E-state index in [1.54, 1.807) is 61.0 Å². The number of carbonyl (C=O) groups excluding carboxylic acids is 1. The van der Waals surface area contributed by atoms with Crippen molar-refractivity contribution in [2.24, 2.45) is 11.7 Å². The summed E-state index contributed by atoms with van der Waals surface area (Å²) in [7, 11) is 1.80. The molecule has 0 spiro atoms. The zero-order valence-corrected chi connectivity index (χ0v) is 21.9. The number of amides is 1. The summed E-state index contributed by atoms with van der Waals surface area (Å²) in [6.07, 6.45) is 5.63. The van der Waals surface area contributed by atoms with Gasteiger partial charge in [0.2, 0.25) is 5.91 Å². The lowest BCUT2D eigenvalue weighted by Crippen LogP contribution is -2.62. The maximum absolute atomic E-state index is 14.7. The van der Waals surface area contributed by atoms with Gasteiger partial charge in [0.1, 0.15) is 17.5 Å². The molecular formula is C28H31F2N7O. The van der Waals surface area contributed by atoms with E-state index in [9.17, 15) is 13.6 Å². The fourth-order valence-corrected chi connectivity index (χ4v) is 5.56. The number of nitrogens with zero attached hydrogens (tertiary/aromatic N) is 6. The summed E-state index contributed by atoms with van der Waals surface area (Å²) in [4.78, 5) is 24.8. The van der Waals surface area contributed by atoms with E-state index in [4.69, 9.17) is 5.73 Å². The fourth-order valence-electron chi connectivity index (χ4n) is 5.56. The average molecular weight is 520 g/mol. The van der Waals surface area contributed by atoms with Crippen molar-refractivity contribution in [3.05, 3.63) is 77.5 Å². The number of piperidine rings is 1. The number of hydrogen-bond acceptors (Lipinski definition) is 6. The predicted octanol–water partition coefficient (Wildman–Crippen LogP) is 3.60. The van der Waals surface area contributed by atoms with E-state index in [1.807, 2.05) is 6.07 Å². The van der Waals surface area contributed by atoms with E-state index in [0.717, 1.165) is 17.8 Å². The van der Waals surface area contributed by atoms with Crippen LogP contribution >= 0.6 is 0 Å². The second-order valence-corrected chi connectivity index (χ2v) is 10.2. The lowest BCUT2D eigenvalue weighted by molar-refractivity contribution is -0.131. The smallest absolute Gasteiger partial charge is 0.219 e. The molecule has 0 unspecified atom stereocenters. The first-order chi connectivity index (χ1) is 18.1. The second-order valence-electron chi connectivity index (χ2n) is 10.2. The Bertz CT molecular complexity index is 1470. The summed E-state index contributed by atoms with van der Waals surface area (Å²) in [5.41, 5.74) is 9.71. The van der Waals surface area contributed by atoms with Crippen LogP contribution in [0.25, 0.3) is 16.8 Å². The monoisotopic (exact) mass is 519 g/mol. The van der Waals surface area contributed by atoms with Gasteiger partial charge in [-0.25, -0.2) is 18.3 Å². The first kappa shape index (κ1) is 25.7. The van der Waals surface area contributed by atoms with E-state index in [0.29, 0.717) is 29.9 Å². The van der Waals surface area contributed by atoms with Gasteiger partial charge in [-0.05, 0) is 48.7 Å². The number of halogens is 2.